The number of nitrogens with zero attached hydrogens (tertiary/aromatic N) is 4. The molecule has 0 saturated carbocycles. The van der Waals surface area contributed by atoms with Crippen molar-refractivity contribution in [2.75, 3.05) is 27.4 Å². The van der Waals surface area contributed by atoms with Crippen LogP contribution in [-0.4, -0.2) is 48.9 Å². The Morgan fingerprint density at radius 3 is 2.55 bits per heavy atom. The zero-order valence-electron chi connectivity index (χ0n) is 13.3. The molecule has 0 spiro atoms. The van der Waals surface area contributed by atoms with E-state index in [2.05, 4.69) is 28.0 Å². The van der Waals surface area contributed by atoms with Crippen molar-refractivity contribution < 1.29 is 9.47 Å². The van der Waals surface area contributed by atoms with Crippen molar-refractivity contribution in [3.8, 4) is 0 Å². The molecule has 1 aromatic heterocycles. The number of aryl methyl sites for hydroxylation is 1. The van der Waals surface area contributed by atoms with E-state index in [1.54, 1.807) is 20.5 Å². The third-order valence-electron chi connectivity index (χ3n) is 3.67. The van der Waals surface area contributed by atoms with E-state index in [-0.39, 0.29) is 11.8 Å². The number of benzene rings is 1. The molecular weight excluding hydrogens is 280 g/mol. The minimum atomic E-state index is 0.00843. The summed E-state index contributed by atoms with van der Waals surface area (Å²) in [6, 6.07) is 7.97. The van der Waals surface area contributed by atoms with E-state index in [0.717, 1.165) is 17.1 Å². The number of hydrogen-bond acceptors (Lipinski definition) is 5. The van der Waals surface area contributed by atoms with Crippen LogP contribution in [0.4, 0.5) is 5.69 Å². The molecule has 0 bridgehead atoms. The van der Waals surface area contributed by atoms with Gasteiger partial charge < -0.3 is 14.0 Å². The van der Waals surface area contributed by atoms with Crippen LogP contribution < -0.4 is 0 Å². The summed E-state index contributed by atoms with van der Waals surface area (Å²) in [7, 11) is 5.32. The maximum atomic E-state index is 5.38. The van der Waals surface area contributed by atoms with Crippen LogP contribution in [0.15, 0.2) is 35.6 Å². The molecule has 0 radical (unpaired) electrons. The van der Waals surface area contributed by atoms with Crippen LogP contribution >= 0.6 is 0 Å². The Kier molecular flexibility index (Phi) is 5.80. The topological polar surface area (TPSA) is 61.5 Å². The molecule has 0 fully saturated rings. The van der Waals surface area contributed by atoms with Crippen LogP contribution in [-0.2, 0) is 16.5 Å². The Bertz CT molecular complexity index is 606. The number of hydrogen-bond donors (Lipinski definition) is 0. The van der Waals surface area contributed by atoms with Gasteiger partial charge in [-0.3, -0.25) is 4.99 Å². The first-order valence-corrected chi connectivity index (χ1v) is 7.09. The minimum absolute atomic E-state index is 0.00843. The zero-order chi connectivity index (χ0) is 15.9. The standard InChI is InChI=1S/C16H22N4O2/c1-17-14-7-5-6-12(8-14)15(13(9-21-3)10-22-4)16-19-18-11-20(16)2/h5-8,11,13,15H,1,9-10H2,2-4H3. The maximum absolute atomic E-state index is 5.38. The highest BCUT2D eigenvalue weighted by atomic mass is 16.5. The summed E-state index contributed by atoms with van der Waals surface area (Å²) in [6.07, 6.45) is 1.70. The van der Waals surface area contributed by atoms with Gasteiger partial charge in [-0.05, 0) is 24.4 Å². The van der Waals surface area contributed by atoms with Gasteiger partial charge in [0.1, 0.15) is 12.2 Å². The Hall–Kier alpha value is -2.05. The van der Waals surface area contributed by atoms with Gasteiger partial charge in [-0.2, -0.15) is 0 Å². The van der Waals surface area contributed by atoms with Crippen molar-refractivity contribution in [2.24, 2.45) is 18.0 Å². The minimum Gasteiger partial charge on any atom is -0.384 e. The van der Waals surface area contributed by atoms with Crippen LogP contribution in [0.1, 0.15) is 17.3 Å². The van der Waals surface area contributed by atoms with Crippen molar-refractivity contribution in [3.05, 3.63) is 42.0 Å². The Morgan fingerprint density at radius 2 is 2.00 bits per heavy atom. The van der Waals surface area contributed by atoms with Crippen molar-refractivity contribution >= 4 is 12.4 Å². The van der Waals surface area contributed by atoms with Crippen molar-refractivity contribution in [2.45, 2.75) is 5.92 Å². The van der Waals surface area contributed by atoms with Crippen LogP contribution in [0, 0.1) is 5.92 Å². The lowest BCUT2D eigenvalue weighted by molar-refractivity contribution is 0.0751. The van der Waals surface area contributed by atoms with Gasteiger partial charge in [0.2, 0.25) is 0 Å². The Balaban J connectivity index is 2.48. The summed E-state index contributed by atoms with van der Waals surface area (Å²) >= 11 is 0. The average Bonchev–Trinajstić information content (AvgIpc) is 2.94. The molecule has 2 aromatic rings. The SMILES string of the molecule is C=Nc1cccc(C(c2nncn2C)C(COC)COC)c1. The van der Waals surface area contributed by atoms with Crippen LogP contribution in [0.5, 0.6) is 0 Å². The maximum Gasteiger partial charge on any atom is 0.140 e. The first kappa shape index (κ1) is 16.3. The molecule has 22 heavy (non-hydrogen) atoms. The summed E-state index contributed by atoms with van der Waals surface area (Å²) in [5.41, 5.74) is 1.93. The second-order valence-corrected chi connectivity index (χ2v) is 5.20. The van der Waals surface area contributed by atoms with E-state index in [9.17, 15) is 0 Å². The summed E-state index contributed by atoms with van der Waals surface area (Å²) in [6.45, 7) is 4.73. The fourth-order valence-corrected chi connectivity index (χ4v) is 2.69. The van der Waals surface area contributed by atoms with E-state index >= 15 is 0 Å². The molecule has 0 aliphatic heterocycles. The van der Waals surface area contributed by atoms with Crippen molar-refractivity contribution in [1.82, 2.24) is 14.8 Å². The molecule has 1 heterocycles. The molecule has 0 aliphatic rings. The second kappa shape index (κ2) is 7.82. The first-order valence-electron chi connectivity index (χ1n) is 7.09. The molecule has 1 unspecified atom stereocenters. The van der Waals surface area contributed by atoms with Gasteiger partial charge in [0.25, 0.3) is 0 Å². The Labute approximate surface area is 130 Å². The normalized spacial score (nSPS) is 12.5. The number of ether oxygens (including phenoxy) is 2. The zero-order valence-corrected chi connectivity index (χ0v) is 13.3. The molecule has 1 aromatic carbocycles. The van der Waals surface area contributed by atoms with Gasteiger partial charge in [0, 0.05) is 27.2 Å². The number of methoxy groups -OCH3 is 2. The fourth-order valence-electron chi connectivity index (χ4n) is 2.69. The van der Waals surface area contributed by atoms with Gasteiger partial charge in [-0.1, -0.05) is 12.1 Å². The molecule has 0 N–H and O–H groups in total. The van der Waals surface area contributed by atoms with Gasteiger partial charge in [-0.25, -0.2) is 0 Å². The number of rotatable bonds is 8. The van der Waals surface area contributed by atoms with E-state index in [1.165, 1.54) is 0 Å². The fraction of sp³-hybridized carbons (Fsp3) is 0.438. The highest BCUT2D eigenvalue weighted by molar-refractivity contribution is 5.48. The summed E-state index contributed by atoms with van der Waals surface area (Å²) in [4.78, 5) is 4.01. The molecule has 6 heteroatoms. The lowest BCUT2D eigenvalue weighted by atomic mass is 9.85. The summed E-state index contributed by atoms with van der Waals surface area (Å²) < 4.78 is 12.7. The third kappa shape index (κ3) is 3.58. The third-order valence-corrected chi connectivity index (χ3v) is 3.67. The van der Waals surface area contributed by atoms with Gasteiger partial charge in [0.05, 0.1) is 24.8 Å². The second-order valence-electron chi connectivity index (χ2n) is 5.20. The Morgan fingerprint density at radius 1 is 1.27 bits per heavy atom. The number of aromatic nitrogens is 3. The van der Waals surface area contributed by atoms with Crippen LogP contribution in [0.3, 0.4) is 0 Å². The summed E-state index contributed by atoms with van der Waals surface area (Å²) in [5, 5.41) is 8.30. The quantitative estimate of drug-likeness (QED) is 0.701. The van der Waals surface area contributed by atoms with E-state index in [0.29, 0.717) is 13.2 Å². The van der Waals surface area contributed by atoms with Gasteiger partial charge in [-0.15, -0.1) is 10.2 Å². The molecule has 2 rings (SSSR count). The summed E-state index contributed by atoms with van der Waals surface area (Å²) in [5.74, 6) is 1.01. The van der Waals surface area contributed by atoms with Crippen molar-refractivity contribution in [1.29, 1.82) is 0 Å². The lowest BCUT2D eigenvalue weighted by Gasteiger charge is -2.26. The van der Waals surface area contributed by atoms with Crippen LogP contribution in [0.25, 0.3) is 0 Å². The molecular formula is C16H22N4O2. The average molecular weight is 302 g/mol. The van der Waals surface area contributed by atoms with Gasteiger partial charge in [0.15, 0.2) is 0 Å². The first-order chi connectivity index (χ1) is 10.7. The van der Waals surface area contributed by atoms with E-state index in [1.807, 2.05) is 29.8 Å². The predicted molar refractivity (Wildman–Crippen MR) is 85.7 cm³/mol. The number of aliphatic imine (C=N–C) groups is 1. The largest absolute Gasteiger partial charge is 0.384 e. The molecule has 118 valence electrons. The highest BCUT2D eigenvalue weighted by Gasteiger charge is 2.29. The van der Waals surface area contributed by atoms with Gasteiger partial charge >= 0.3 is 0 Å². The monoisotopic (exact) mass is 302 g/mol. The van der Waals surface area contributed by atoms with E-state index < -0.39 is 0 Å². The predicted octanol–water partition coefficient (Wildman–Crippen LogP) is 2.19. The smallest absolute Gasteiger partial charge is 0.140 e. The van der Waals surface area contributed by atoms with E-state index in [4.69, 9.17) is 9.47 Å². The highest BCUT2D eigenvalue weighted by Crippen LogP contribution is 2.33. The van der Waals surface area contributed by atoms with Crippen molar-refractivity contribution in [3.63, 3.8) is 0 Å². The molecule has 0 saturated heterocycles. The lowest BCUT2D eigenvalue weighted by Crippen LogP contribution is -2.26. The molecule has 0 aliphatic carbocycles. The molecule has 1 atom stereocenters. The van der Waals surface area contributed by atoms with Crippen LogP contribution in [0.2, 0.25) is 0 Å². The molecule has 6 nitrogen and oxygen atoms in total. The molecule has 0 amide bonds.